The minimum atomic E-state index is 0.346. The van der Waals surface area contributed by atoms with Gasteiger partial charge in [-0.25, -0.2) is 9.97 Å². The largest absolute Gasteiger partial charge is 0.368 e. The van der Waals surface area contributed by atoms with Gasteiger partial charge in [-0.2, -0.15) is 0 Å². The van der Waals surface area contributed by atoms with Crippen molar-refractivity contribution in [3.63, 3.8) is 0 Å². The molecule has 124 valence electrons. The van der Waals surface area contributed by atoms with Gasteiger partial charge in [0.1, 0.15) is 0 Å². The van der Waals surface area contributed by atoms with E-state index < -0.39 is 0 Å². The molecule has 3 aromatic rings. The Morgan fingerprint density at radius 2 is 1.40 bits per heavy atom. The average molecular weight is 327 g/mol. The van der Waals surface area contributed by atoms with Crippen LogP contribution in [-0.2, 0) is 6.42 Å². The second kappa shape index (κ2) is 6.89. The van der Waals surface area contributed by atoms with E-state index in [2.05, 4.69) is 52.4 Å². The van der Waals surface area contributed by atoms with Crippen LogP contribution in [0.4, 0.5) is 5.95 Å². The van der Waals surface area contributed by atoms with Crippen molar-refractivity contribution in [2.24, 2.45) is 0 Å². The molecule has 3 heteroatoms. The molecular formula is C22H21N3. The van der Waals surface area contributed by atoms with Gasteiger partial charge in [-0.1, -0.05) is 60.7 Å². The zero-order valence-electron chi connectivity index (χ0n) is 14.2. The summed E-state index contributed by atoms with van der Waals surface area (Å²) in [6.07, 6.45) is 6.55. The number of anilines is 1. The normalized spacial score (nSPS) is 15.6. The van der Waals surface area contributed by atoms with Crippen molar-refractivity contribution in [3.8, 4) is 11.3 Å². The molecule has 25 heavy (non-hydrogen) atoms. The quantitative estimate of drug-likeness (QED) is 0.674. The van der Waals surface area contributed by atoms with Gasteiger partial charge in [-0.3, -0.25) is 0 Å². The van der Waals surface area contributed by atoms with E-state index in [1.165, 1.54) is 16.7 Å². The Kier molecular flexibility index (Phi) is 4.30. The summed E-state index contributed by atoms with van der Waals surface area (Å²) in [5, 5.41) is 0. The fraction of sp³-hybridized carbons (Fsp3) is 0.182. The number of nitrogen functional groups attached to an aromatic ring is 1. The second-order valence-electron chi connectivity index (χ2n) is 6.41. The predicted octanol–water partition coefficient (Wildman–Crippen LogP) is 4.99. The van der Waals surface area contributed by atoms with Gasteiger partial charge in [0.15, 0.2) is 0 Å². The third-order valence-corrected chi connectivity index (χ3v) is 4.64. The molecule has 3 nitrogen and oxygen atoms in total. The minimum absolute atomic E-state index is 0.346. The maximum atomic E-state index is 6.08. The molecule has 0 radical (unpaired) electrons. The Hall–Kier alpha value is -2.94. The number of aromatic nitrogens is 2. The standard InChI is InChI=1S/C22H21N3/c23-22-24-20(17-11-5-2-6-12-17)19-14-8-7-13-18(21(19)25-22)15-16-9-3-1-4-10-16/h1-6,9-12,15H,7-8,13-14H2,(H2,23,24,25)/b18-15+. The molecule has 1 aliphatic rings. The Balaban J connectivity index is 1.89. The lowest BCUT2D eigenvalue weighted by molar-refractivity contribution is 0.771. The molecule has 0 saturated heterocycles. The zero-order chi connectivity index (χ0) is 17.1. The van der Waals surface area contributed by atoms with Crippen molar-refractivity contribution in [3.05, 3.63) is 77.5 Å². The number of hydrogen-bond donors (Lipinski definition) is 1. The van der Waals surface area contributed by atoms with Crippen molar-refractivity contribution >= 4 is 17.6 Å². The Morgan fingerprint density at radius 1 is 0.760 bits per heavy atom. The number of rotatable bonds is 2. The molecule has 2 N–H and O–H groups in total. The number of nitrogens with zero attached hydrogens (tertiary/aromatic N) is 2. The lowest BCUT2D eigenvalue weighted by Crippen LogP contribution is -2.06. The maximum Gasteiger partial charge on any atom is 0.221 e. The van der Waals surface area contributed by atoms with E-state index in [4.69, 9.17) is 5.73 Å². The molecule has 1 aliphatic carbocycles. The van der Waals surface area contributed by atoms with Crippen LogP contribution >= 0.6 is 0 Å². The Bertz CT molecular complexity index is 899. The first-order valence-electron chi connectivity index (χ1n) is 8.79. The van der Waals surface area contributed by atoms with Gasteiger partial charge in [-0.15, -0.1) is 0 Å². The van der Waals surface area contributed by atoms with Crippen molar-refractivity contribution in [1.29, 1.82) is 0 Å². The summed E-state index contributed by atoms with van der Waals surface area (Å²) >= 11 is 0. The zero-order valence-corrected chi connectivity index (χ0v) is 14.2. The van der Waals surface area contributed by atoms with Crippen LogP contribution in [-0.4, -0.2) is 9.97 Å². The van der Waals surface area contributed by atoms with Gasteiger partial charge < -0.3 is 5.73 Å². The summed E-state index contributed by atoms with van der Waals surface area (Å²) in [5.74, 6) is 0.346. The van der Waals surface area contributed by atoms with Gasteiger partial charge in [-0.05, 0) is 42.9 Å². The monoisotopic (exact) mass is 327 g/mol. The maximum absolute atomic E-state index is 6.08. The molecule has 2 aromatic carbocycles. The molecule has 0 atom stereocenters. The smallest absolute Gasteiger partial charge is 0.221 e. The molecule has 1 aromatic heterocycles. The van der Waals surface area contributed by atoms with Gasteiger partial charge >= 0.3 is 0 Å². The highest BCUT2D eigenvalue weighted by molar-refractivity contribution is 5.84. The van der Waals surface area contributed by atoms with Crippen LogP contribution < -0.4 is 5.73 Å². The molecular weight excluding hydrogens is 306 g/mol. The van der Waals surface area contributed by atoms with Gasteiger partial charge in [0.2, 0.25) is 5.95 Å². The molecule has 0 aliphatic heterocycles. The molecule has 1 heterocycles. The lowest BCUT2D eigenvalue weighted by Gasteiger charge is -2.14. The SMILES string of the molecule is Nc1nc2c(c(-c3ccccc3)n1)CCCC/C2=C\c1ccccc1. The summed E-state index contributed by atoms with van der Waals surface area (Å²) in [6, 6.07) is 20.7. The number of hydrogen-bond acceptors (Lipinski definition) is 3. The topological polar surface area (TPSA) is 51.8 Å². The fourth-order valence-corrected chi connectivity index (χ4v) is 3.47. The van der Waals surface area contributed by atoms with Gasteiger partial charge in [0.25, 0.3) is 0 Å². The van der Waals surface area contributed by atoms with Crippen molar-refractivity contribution in [1.82, 2.24) is 9.97 Å². The average Bonchev–Trinajstić information content (AvgIpc) is 2.85. The van der Waals surface area contributed by atoms with Crippen LogP contribution in [0.1, 0.15) is 36.1 Å². The van der Waals surface area contributed by atoms with Crippen LogP contribution in [0.3, 0.4) is 0 Å². The van der Waals surface area contributed by atoms with Crippen molar-refractivity contribution in [2.45, 2.75) is 25.7 Å². The first kappa shape index (κ1) is 15.6. The molecule has 0 amide bonds. The van der Waals surface area contributed by atoms with E-state index in [0.29, 0.717) is 5.95 Å². The third-order valence-electron chi connectivity index (χ3n) is 4.64. The van der Waals surface area contributed by atoms with E-state index in [9.17, 15) is 0 Å². The summed E-state index contributed by atoms with van der Waals surface area (Å²) in [7, 11) is 0. The van der Waals surface area contributed by atoms with E-state index in [-0.39, 0.29) is 0 Å². The molecule has 0 fully saturated rings. The van der Waals surface area contributed by atoms with Gasteiger partial charge in [0, 0.05) is 11.1 Å². The van der Waals surface area contributed by atoms with Crippen LogP contribution in [0.15, 0.2) is 60.7 Å². The summed E-state index contributed by atoms with van der Waals surface area (Å²) in [4.78, 5) is 9.22. The van der Waals surface area contributed by atoms with Crippen molar-refractivity contribution < 1.29 is 0 Å². The molecule has 0 bridgehead atoms. The highest BCUT2D eigenvalue weighted by atomic mass is 15.0. The molecule has 4 rings (SSSR count). The van der Waals surface area contributed by atoms with Crippen LogP contribution in [0.25, 0.3) is 22.9 Å². The molecule has 0 saturated carbocycles. The summed E-state index contributed by atoms with van der Waals surface area (Å²) in [6.45, 7) is 0. The van der Waals surface area contributed by atoms with E-state index in [1.54, 1.807) is 0 Å². The second-order valence-corrected chi connectivity index (χ2v) is 6.41. The molecule has 0 unspecified atom stereocenters. The first-order valence-corrected chi connectivity index (χ1v) is 8.79. The highest BCUT2D eigenvalue weighted by Gasteiger charge is 2.20. The molecule has 0 spiro atoms. The highest BCUT2D eigenvalue weighted by Crippen LogP contribution is 2.35. The van der Waals surface area contributed by atoms with E-state index in [0.717, 1.165) is 42.6 Å². The fourth-order valence-electron chi connectivity index (χ4n) is 3.47. The Morgan fingerprint density at radius 3 is 2.16 bits per heavy atom. The van der Waals surface area contributed by atoms with Gasteiger partial charge in [0.05, 0.1) is 11.4 Å². The van der Waals surface area contributed by atoms with E-state index in [1.807, 2.05) is 24.3 Å². The first-order chi connectivity index (χ1) is 12.3. The van der Waals surface area contributed by atoms with Crippen LogP contribution in [0, 0.1) is 0 Å². The van der Waals surface area contributed by atoms with Crippen LogP contribution in [0.5, 0.6) is 0 Å². The Labute approximate surface area is 148 Å². The number of allylic oxidation sites excluding steroid dienone is 1. The van der Waals surface area contributed by atoms with E-state index >= 15 is 0 Å². The number of nitrogens with two attached hydrogens (primary N) is 1. The number of benzene rings is 2. The summed E-state index contributed by atoms with van der Waals surface area (Å²) in [5.41, 5.74) is 12.9. The predicted molar refractivity (Wildman–Crippen MR) is 104 cm³/mol. The van der Waals surface area contributed by atoms with Crippen LogP contribution in [0.2, 0.25) is 0 Å². The van der Waals surface area contributed by atoms with Crippen molar-refractivity contribution in [2.75, 3.05) is 5.73 Å². The summed E-state index contributed by atoms with van der Waals surface area (Å²) < 4.78 is 0. The number of fused-ring (bicyclic) bond motifs is 1. The minimum Gasteiger partial charge on any atom is -0.368 e. The lowest BCUT2D eigenvalue weighted by atomic mass is 9.98. The third kappa shape index (κ3) is 3.31.